The molecule has 1 fully saturated rings. The van der Waals surface area contributed by atoms with Crippen molar-refractivity contribution in [2.45, 2.75) is 19.8 Å². The monoisotopic (exact) mass is 192 g/mol. The predicted octanol–water partition coefficient (Wildman–Crippen LogP) is 2.30. The normalized spacial score (nSPS) is 15.2. The summed E-state index contributed by atoms with van der Waals surface area (Å²) < 4.78 is 5.26. The molecule has 0 aromatic carbocycles. The van der Waals surface area contributed by atoms with E-state index in [2.05, 4.69) is 10.3 Å². The molecule has 1 saturated carbocycles. The fourth-order valence-corrected chi connectivity index (χ4v) is 1.30. The van der Waals surface area contributed by atoms with Crippen molar-refractivity contribution in [1.29, 1.82) is 0 Å². The van der Waals surface area contributed by atoms with E-state index < -0.39 is 0 Å². The molecule has 0 saturated heterocycles. The first-order chi connectivity index (χ1) is 6.88. The van der Waals surface area contributed by atoms with Crippen LogP contribution in [0.1, 0.15) is 19.8 Å². The summed E-state index contributed by atoms with van der Waals surface area (Å²) in [4.78, 5) is 4.18. The molecular formula is C11H16N2O. The summed E-state index contributed by atoms with van der Waals surface area (Å²) in [6.45, 7) is 3.71. The van der Waals surface area contributed by atoms with Gasteiger partial charge in [-0.15, -0.1) is 0 Å². The Balaban J connectivity index is 1.84. The van der Waals surface area contributed by atoms with Crippen LogP contribution in [0.2, 0.25) is 0 Å². The fraction of sp³-hybridized carbons (Fsp3) is 0.545. The second kappa shape index (κ2) is 4.31. The summed E-state index contributed by atoms with van der Waals surface area (Å²) in [6, 6.07) is 3.92. The maximum atomic E-state index is 5.26. The van der Waals surface area contributed by atoms with Gasteiger partial charge in [0.05, 0.1) is 18.5 Å². The topological polar surface area (TPSA) is 34.1 Å². The van der Waals surface area contributed by atoms with Crippen molar-refractivity contribution in [3.8, 4) is 5.88 Å². The molecule has 14 heavy (non-hydrogen) atoms. The van der Waals surface area contributed by atoms with Gasteiger partial charge in [0.1, 0.15) is 0 Å². The molecule has 0 bridgehead atoms. The summed E-state index contributed by atoms with van der Waals surface area (Å²) in [6.07, 6.45) is 4.57. The Hall–Kier alpha value is -1.25. The Labute approximate surface area is 84.5 Å². The molecule has 1 heterocycles. The molecule has 3 heteroatoms. The van der Waals surface area contributed by atoms with Crippen molar-refractivity contribution < 1.29 is 4.74 Å². The third kappa shape index (κ3) is 2.62. The zero-order chi connectivity index (χ0) is 9.80. The largest absolute Gasteiger partial charge is 0.478 e. The lowest BCUT2D eigenvalue weighted by Gasteiger charge is -2.05. The molecule has 0 spiro atoms. The first-order valence-corrected chi connectivity index (χ1v) is 5.21. The Morgan fingerprint density at radius 1 is 1.50 bits per heavy atom. The van der Waals surface area contributed by atoms with Crippen LogP contribution in [0.3, 0.4) is 0 Å². The zero-order valence-electron chi connectivity index (χ0n) is 8.49. The van der Waals surface area contributed by atoms with Gasteiger partial charge in [-0.3, -0.25) is 0 Å². The van der Waals surface area contributed by atoms with Crippen LogP contribution in [0.4, 0.5) is 5.69 Å². The smallest absolute Gasteiger partial charge is 0.213 e. The highest BCUT2D eigenvalue weighted by Gasteiger charge is 2.20. The van der Waals surface area contributed by atoms with Gasteiger partial charge in [0.15, 0.2) is 0 Å². The van der Waals surface area contributed by atoms with E-state index in [-0.39, 0.29) is 0 Å². The zero-order valence-corrected chi connectivity index (χ0v) is 8.49. The molecule has 0 unspecified atom stereocenters. The molecule has 1 aromatic rings. The van der Waals surface area contributed by atoms with Gasteiger partial charge in [-0.2, -0.15) is 0 Å². The minimum Gasteiger partial charge on any atom is -0.478 e. The number of aromatic nitrogens is 1. The van der Waals surface area contributed by atoms with Crippen LogP contribution in [-0.2, 0) is 0 Å². The Bertz CT molecular complexity index is 280. The number of pyridine rings is 1. The lowest BCUT2D eigenvalue weighted by atomic mass is 10.3. The van der Waals surface area contributed by atoms with Gasteiger partial charge in [0, 0.05) is 12.6 Å². The van der Waals surface area contributed by atoms with E-state index in [1.807, 2.05) is 25.3 Å². The Morgan fingerprint density at radius 2 is 2.36 bits per heavy atom. The molecular weight excluding hydrogens is 176 g/mol. The predicted molar refractivity (Wildman–Crippen MR) is 56.6 cm³/mol. The van der Waals surface area contributed by atoms with Crippen LogP contribution >= 0.6 is 0 Å². The standard InChI is InChI=1S/C11H16N2O/c1-2-14-11-6-5-10(8-13-11)12-7-9-3-4-9/h5-6,8-9,12H,2-4,7H2,1H3. The number of anilines is 1. The van der Waals surface area contributed by atoms with Crippen LogP contribution in [0, 0.1) is 5.92 Å². The molecule has 76 valence electrons. The van der Waals surface area contributed by atoms with Gasteiger partial charge >= 0.3 is 0 Å². The van der Waals surface area contributed by atoms with Gasteiger partial charge < -0.3 is 10.1 Å². The second-order valence-electron chi connectivity index (χ2n) is 3.64. The molecule has 0 aliphatic heterocycles. The highest BCUT2D eigenvalue weighted by Crippen LogP contribution is 2.28. The van der Waals surface area contributed by atoms with Gasteiger partial charge in [-0.05, 0) is 31.7 Å². The lowest BCUT2D eigenvalue weighted by molar-refractivity contribution is 0.327. The number of rotatable bonds is 5. The average molecular weight is 192 g/mol. The minimum atomic E-state index is 0.669. The molecule has 3 nitrogen and oxygen atoms in total. The van der Waals surface area contributed by atoms with Crippen LogP contribution in [0.15, 0.2) is 18.3 Å². The van der Waals surface area contributed by atoms with E-state index >= 15 is 0 Å². The Morgan fingerprint density at radius 3 is 2.93 bits per heavy atom. The first kappa shape index (κ1) is 9.31. The molecule has 0 radical (unpaired) electrons. The van der Waals surface area contributed by atoms with Gasteiger partial charge in [0.2, 0.25) is 5.88 Å². The van der Waals surface area contributed by atoms with Gasteiger partial charge in [-0.1, -0.05) is 0 Å². The first-order valence-electron chi connectivity index (χ1n) is 5.21. The van der Waals surface area contributed by atoms with Crippen LogP contribution in [-0.4, -0.2) is 18.1 Å². The van der Waals surface area contributed by atoms with Crippen molar-refractivity contribution in [1.82, 2.24) is 4.98 Å². The summed E-state index contributed by atoms with van der Waals surface area (Å²) in [5.74, 6) is 1.59. The molecule has 1 aliphatic rings. The summed E-state index contributed by atoms with van der Waals surface area (Å²) >= 11 is 0. The molecule has 0 amide bonds. The van der Waals surface area contributed by atoms with Crippen molar-refractivity contribution >= 4 is 5.69 Å². The van der Waals surface area contributed by atoms with Crippen molar-refractivity contribution in [3.63, 3.8) is 0 Å². The molecule has 1 aliphatic carbocycles. The molecule has 0 atom stereocenters. The van der Waals surface area contributed by atoms with E-state index in [0.29, 0.717) is 12.5 Å². The van der Waals surface area contributed by atoms with Gasteiger partial charge in [0.25, 0.3) is 0 Å². The number of nitrogens with zero attached hydrogens (tertiary/aromatic N) is 1. The van der Waals surface area contributed by atoms with E-state index in [1.165, 1.54) is 12.8 Å². The summed E-state index contributed by atoms with van der Waals surface area (Å²) in [7, 11) is 0. The minimum absolute atomic E-state index is 0.669. The second-order valence-corrected chi connectivity index (χ2v) is 3.64. The van der Waals surface area contributed by atoms with E-state index in [9.17, 15) is 0 Å². The van der Waals surface area contributed by atoms with Crippen molar-refractivity contribution in [2.75, 3.05) is 18.5 Å². The third-order valence-electron chi connectivity index (χ3n) is 2.32. The van der Waals surface area contributed by atoms with Crippen molar-refractivity contribution in [2.24, 2.45) is 5.92 Å². The third-order valence-corrected chi connectivity index (χ3v) is 2.32. The van der Waals surface area contributed by atoms with Gasteiger partial charge in [-0.25, -0.2) is 4.98 Å². The lowest BCUT2D eigenvalue weighted by Crippen LogP contribution is -2.03. The van der Waals surface area contributed by atoms with Crippen LogP contribution in [0.5, 0.6) is 5.88 Å². The molecule has 1 N–H and O–H groups in total. The maximum absolute atomic E-state index is 5.26. The highest BCUT2D eigenvalue weighted by molar-refractivity contribution is 5.42. The summed E-state index contributed by atoms with van der Waals surface area (Å²) in [5.41, 5.74) is 1.08. The number of nitrogens with one attached hydrogen (secondary N) is 1. The Kier molecular flexibility index (Phi) is 2.87. The van der Waals surface area contributed by atoms with E-state index in [0.717, 1.165) is 18.2 Å². The fourth-order valence-electron chi connectivity index (χ4n) is 1.30. The maximum Gasteiger partial charge on any atom is 0.213 e. The quantitative estimate of drug-likeness (QED) is 0.777. The number of ether oxygens (including phenoxy) is 1. The van der Waals surface area contributed by atoms with Crippen LogP contribution < -0.4 is 10.1 Å². The summed E-state index contributed by atoms with van der Waals surface area (Å²) in [5, 5.41) is 3.36. The van der Waals surface area contributed by atoms with Crippen molar-refractivity contribution in [3.05, 3.63) is 18.3 Å². The van der Waals surface area contributed by atoms with E-state index in [1.54, 1.807) is 0 Å². The van der Waals surface area contributed by atoms with E-state index in [4.69, 9.17) is 4.74 Å². The average Bonchev–Trinajstić information content (AvgIpc) is 3.01. The van der Waals surface area contributed by atoms with Crippen LogP contribution in [0.25, 0.3) is 0 Å². The molecule has 2 rings (SSSR count). The number of hydrogen-bond donors (Lipinski definition) is 1. The SMILES string of the molecule is CCOc1ccc(NCC2CC2)cn1. The number of hydrogen-bond acceptors (Lipinski definition) is 3. The highest BCUT2D eigenvalue weighted by atomic mass is 16.5. The molecule has 1 aromatic heterocycles.